The van der Waals surface area contributed by atoms with Gasteiger partial charge in [-0.2, -0.15) is 0 Å². The topological polar surface area (TPSA) is 12.0 Å². The number of rotatable bonds is 2. The standard InChI is InChI=1S/C15H23N/c1-4-13-7-8-16-15(10-13)14-9-11(2)5-6-12(14)3/h5-6,9,13,15-16H,4,7-8,10H2,1-3H3. The Morgan fingerprint density at radius 2 is 2.12 bits per heavy atom. The number of hydrogen-bond donors (Lipinski definition) is 1. The molecule has 0 spiro atoms. The van der Waals surface area contributed by atoms with Gasteiger partial charge in [0.1, 0.15) is 0 Å². The van der Waals surface area contributed by atoms with Gasteiger partial charge in [-0.25, -0.2) is 0 Å². The minimum Gasteiger partial charge on any atom is -0.310 e. The quantitative estimate of drug-likeness (QED) is 0.795. The van der Waals surface area contributed by atoms with E-state index in [0.29, 0.717) is 6.04 Å². The Bertz CT molecular complexity index is 356. The predicted octanol–water partition coefficient (Wildman–Crippen LogP) is 3.75. The van der Waals surface area contributed by atoms with Crippen LogP contribution in [0.4, 0.5) is 0 Å². The molecule has 2 atom stereocenters. The second kappa shape index (κ2) is 5.01. The van der Waals surface area contributed by atoms with Crippen LogP contribution in [0.25, 0.3) is 0 Å². The summed E-state index contributed by atoms with van der Waals surface area (Å²) in [6.07, 6.45) is 3.97. The molecular weight excluding hydrogens is 194 g/mol. The lowest BCUT2D eigenvalue weighted by atomic mass is 9.85. The summed E-state index contributed by atoms with van der Waals surface area (Å²) in [5, 5.41) is 3.67. The third-order valence-corrected chi connectivity index (χ3v) is 3.90. The van der Waals surface area contributed by atoms with E-state index >= 15 is 0 Å². The third kappa shape index (κ3) is 2.46. The first-order valence-corrected chi connectivity index (χ1v) is 6.51. The summed E-state index contributed by atoms with van der Waals surface area (Å²) in [6, 6.07) is 7.39. The van der Waals surface area contributed by atoms with Crippen LogP contribution in [0.5, 0.6) is 0 Å². The molecule has 0 saturated carbocycles. The van der Waals surface area contributed by atoms with Crippen molar-refractivity contribution in [2.75, 3.05) is 6.54 Å². The second-order valence-corrected chi connectivity index (χ2v) is 5.17. The van der Waals surface area contributed by atoms with Gasteiger partial charge in [-0.05, 0) is 50.3 Å². The molecule has 2 rings (SSSR count). The highest BCUT2D eigenvalue weighted by molar-refractivity contribution is 5.33. The average molecular weight is 217 g/mol. The lowest BCUT2D eigenvalue weighted by Crippen LogP contribution is -2.32. The zero-order valence-electron chi connectivity index (χ0n) is 10.7. The molecule has 1 heteroatoms. The van der Waals surface area contributed by atoms with Crippen LogP contribution in [0.1, 0.15) is 48.9 Å². The van der Waals surface area contributed by atoms with Gasteiger partial charge in [0, 0.05) is 6.04 Å². The fourth-order valence-electron chi connectivity index (χ4n) is 2.74. The minimum atomic E-state index is 0.582. The average Bonchev–Trinajstić information content (AvgIpc) is 2.32. The Kier molecular flexibility index (Phi) is 3.65. The van der Waals surface area contributed by atoms with Gasteiger partial charge in [0.05, 0.1) is 0 Å². The summed E-state index contributed by atoms with van der Waals surface area (Å²) in [6.45, 7) is 7.90. The van der Waals surface area contributed by atoms with E-state index in [1.165, 1.54) is 42.5 Å². The van der Waals surface area contributed by atoms with Crippen molar-refractivity contribution in [2.24, 2.45) is 5.92 Å². The molecule has 1 saturated heterocycles. The van der Waals surface area contributed by atoms with E-state index < -0.39 is 0 Å². The molecule has 1 aliphatic rings. The monoisotopic (exact) mass is 217 g/mol. The van der Waals surface area contributed by atoms with Crippen molar-refractivity contribution in [3.8, 4) is 0 Å². The number of nitrogens with one attached hydrogen (secondary N) is 1. The van der Waals surface area contributed by atoms with Gasteiger partial charge in [0.2, 0.25) is 0 Å². The molecule has 2 unspecified atom stereocenters. The maximum absolute atomic E-state index is 3.67. The molecule has 0 aliphatic carbocycles. The first-order valence-electron chi connectivity index (χ1n) is 6.51. The maximum atomic E-state index is 3.67. The van der Waals surface area contributed by atoms with Crippen LogP contribution >= 0.6 is 0 Å². The van der Waals surface area contributed by atoms with Crippen LogP contribution < -0.4 is 5.32 Å². The summed E-state index contributed by atoms with van der Waals surface area (Å²) >= 11 is 0. The van der Waals surface area contributed by atoms with Gasteiger partial charge >= 0.3 is 0 Å². The van der Waals surface area contributed by atoms with Crippen molar-refractivity contribution in [1.29, 1.82) is 0 Å². The summed E-state index contributed by atoms with van der Waals surface area (Å²) < 4.78 is 0. The van der Waals surface area contributed by atoms with E-state index in [4.69, 9.17) is 0 Å². The minimum absolute atomic E-state index is 0.582. The lowest BCUT2D eigenvalue weighted by Gasteiger charge is -2.31. The lowest BCUT2D eigenvalue weighted by molar-refractivity contribution is 0.298. The zero-order chi connectivity index (χ0) is 11.5. The SMILES string of the molecule is CCC1CCNC(c2cc(C)ccc2C)C1. The molecule has 0 aromatic heterocycles. The summed E-state index contributed by atoms with van der Waals surface area (Å²) in [4.78, 5) is 0. The van der Waals surface area contributed by atoms with Gasteiger partial charge < -0.3 is 5.32 Å². The Morgan fingerprint density at radius 3 is 2.88 bits per heavy atom. The highest BCUT2D eigenvalue weighted by Gasteiger charge is 2.22. The molecule has 88 valence electrons. The number of piperidine rings is 1. The van der Waals surface area contributed by atoms with Crippen LogP contribution in [0.2, 0.25) is 0 Å². The van der Waals surface area contributed by atoms with Crippen molar-refractivity contribution in [3.63, 3.8) is 0 Å². The van der Waals surface area contributed by atoms with Crippen LogP contribution in [-0.4, -0.2) is 6.54 Å². The van der Waals surface area contributed by atoms with Gasteiger partial charge in [0.15, 0.2) is 0 Å². The summed E-state index contributed by atoms with van der Waals surface area (Å²) in [5.74, 6) is 0.908. The molecule has 1 aliphatic heterocycles. The zero-order valence-corrected chi connectivity index (χ0v) is 10.7. The van der Waals surface area contributed by atoms with Crippen molar-refractivity contribution in [3.05, 3.63) is 34.9 Å². The van der Waals surface area contributed by atoms with E-state index in [1.54, 1.807) is 0 Å². The normalized spacial score (nSPS) is 25.7. The molecular formula is C15H23N. The number of benzene rings is 1. The van der Waals surface area contributed by atoms with Crippen LogP contribution in [-0.2, 0) is 0 Å². The van der Waals surface area contributed by atoms with Crippen LogP contribution in [0, 0.1) is 19.8 Å². The first kappa shape index (κ1) is 11.7. The molecule has 0 bridgehead atoms. The van der Waals surface area contributed by atoms with Gasteiger partial charge in [-0.3, -0.25) is 0 Å². The van der Waals surface area contributed by atoms with Crippen molar-refractivity contribution >= 4 is 0 Å². The highest BCUT2D eigenvalue weighted by atomic mass is 14.9. The Labute approximate surface area is 99.3 Å². The molecule has 1 heterocycles. The molecule has 1 fully saturated rings. The Hall–Kier alpha value is -0.820. The maximum Gasteiger partial charge on any atom is 0.0325 e. The molecule has 1 aromatic carbocycles. The Morgan fingerprint density at radius 1 is 1.31 bits per heavy atom. The second-order valence-electron chi connectivity index (χ2n) is 5.17. The largest absolute Gasteiger partial charge is 0.310 e. The number of hydrogen-bond acceptors (Lipinski definition) is 1. The van der Waals surface area contributed by atoms with Crippen molar-refractivity contribution in [2.45, 2.75) is 46.1 Å². The molecule has 1 N–H and O–H groups in total. The van der Waals surface area contributed by atoms with Crippen molar-refractivity contribution in [1.82, 2.24) is 5.32 Å². The van der Waals surface area contributed by atoms with Crippen molar-refractivity contribution < 1.29 is 0 Å². The third-order valence-electron chi connectivity index (χ3n) is 3.90. The molecule has 0 amide bonds. The van der Waals surface area contributed by atoms with E-state index in [-0.39, 0.29) is 0 Å². The van der Waals surface area contributed by atoms with Crippen LogP contribution in [0.3, 0.4) is 0 Å². The van der Waals surface area contributed by atoms with E-state index in [9.17, 15) is 0 Å². The summed E-state index contributed by atoms with van der Waals surface area (Å²) in [5.41, 5.74) is 4.32. The fraction of sp³-hybridized carbons (Fsp3) is 0.600. The predicted molar refractivity (Wildman–Crippen MR) is 69.7 cm³/mol. The fourth-order valence-corrected chi connectivity index (χ4v) is 2.74. The van der Waals surface area contributed by atoms with Gasteiger partial charge in [-0.1, -0.05) is 37.1 Å². The Balaban J connectivity index is 2.19. The first-order chi connectivity index (χ1) is 7.70. The van der Waals surface area contributed by atoms with E-state index in [2.05, 4.69) is 44.3 Å². The number of aryl methyl sites for hydroxylation is 2. The van der Waals surface area contributed by atoms with Gasteiger partial charge in [-0.15, -0.1) is 0 Å². The summed E-state index contributed by atoms with van der Waals surface area (Å²) in [7, 11) is 0. The highest BCUT2D eigenvalue weighted by Crippen LogP contribution is 2.31. The molecule has 16 heavy (non-hydrogen) atoms. The smallest absolute Gasteiger partial charge is 0.0325 e. The molecule has 0 radical (unpaired) electrons. The van der Waals surface area contributed by atoms with Crippen LogP contribution in [0.15, 0.2) is 18.2 Å². The van der Waals surface area contributed by atoms with Gasteiger partial charge in [0.25, 0.3) is 0 Å². The molecule has 1 nitrogen and oxygen atoms in total. The van der Waals surface area contributed by atoms with E-state index in [1.807, 2.05) is 0 Å². The van der Waals surface area contributed by atoms with E-state index in [0.717, 1.165) is 5.92 Å². The molecule has 1 aromatic rings.